The number of pyridine rings is 1. The van der Waals surface area contributed by atoms with E-state index in [1.165, 1.54) is 98.6 Å². The highest BCUT2D eigenvalue weighted by Crippen LogP contribution is 2.43. The van der Waals surface area contributed by atoms with Crippen LogP contribution in [0.1, 0.15) is 97.3 Å². The smallest absolute Gasteiger partial charge is 0.145 e. The summed E-state index contributed by atoms with van der Waals surface area (Å²) in [6.07, 6.45) is 8.34. The zero-order chi connectivity index (χ0) is 40.8. The molecule has 3 aromatic heterocycles. The fourth-order valence-corrected chi connectivity index (χ4v) is 9.83. The molecule has 5 heteroatoms. The molecule has 298 valence electrons. The van der Waals surface area contributed by atoms with Crippen molar-refractivity contribution in [2.24, 2.45) is 10.4 Å². The van der Waals surface area contributed by atoms with Gasteiger partial charge in [-0.05, 0) is 121 Å². The van der Waals surface area contributed by atoms with Crippen LogP contribution in [0.2, 0.25) is 0 Å². The molecule has 8 aromatic rings. The van der Waals surface area contributed by atoms with Crippen molar-refractivity contribution >= 4 is 49.6 Å². The van der Waals surface area contributed by atoms with Gasteiger partial charge in [0.25, 0.3) is 0 Å². The maximum absolute atomic E-state index is 5.75. The molecular formula is C54H57N5. The van der Waals surface area contributed by atoms with Crippen molar-refractivity contribution in [3.8, 4) is 22.5 Å². The number of amidine groups is 1. The van der Waals surface area contributed by atoms with Gasteiger partial charge in [-0.1, -0.05) is 115 Å². The van der Waals surface area contributed by atoms with E-state index in [1.54, 1.807) is 0 Å². The van der Waals surface area contributed by atoms with Crippen LogP contribution in [0.25, 0.3) is 66.2 Å². The van der Waals surface area contributed by atoms with E-state index in [4.69, 9.17) is 9.98 Å². The van der Waals surface area contributed by atoms with E-state index >= 15 is 0 Å². The van der Waals surface area contributed by atoms with E-state index in [0.717, 1.165) is 28.8 Å². The lowest BCUT2D eigenvalue weighted by Gasteiger charge is -2.39. The molecular weight excluding hydrogens is 719 g/mol. The summed E-state index contributed by atoms with van der Waals surface area (Å²) in [5, 5.41) is 4.87. The molecule has 0 saturated heterocycles. The number of benzene rings is 5. The van der Waals surface area contributed by atoms with Crippen LogP contribution < -0.4 is 0 Å². The SMILES string of the molecule is Cc1ccc2c(c1)c1ccc(-n3c4ccc(-c5ccccc5)cc4c4cccnc43)cc1n2-c1cc(C2=N[C@](C)(C(C)(C)C)CN2C2CCCCC2)cc(C(C)(C)C)c1. The van der Waals surface area contributed by atoms with E-state index < -0.39 is 0 Å². The standard InChI is InChI=1S/C54H57N5/c1-35-21-25-47-45(28-35)43-24-23-41(59-48-26-22-37(36-16-11-9-12-17-36)31-46(48)44-20-15-27-55-51(44)59)33-49(43)58(47)42-30-38(29-39(32-42)52(2,3)4)50-56-54(8,53(5,6)7)34-57(50)40-18-13-10-14-19-40/h9,11-12,15-17,20-33,40H,10,13-14,18-19,34H2,1-8H3/t54-/m0/s1. The fraction of sp³-hybridized carbons (Fsp3) is 0.333. The van der Waals surface area contributed by atoms with E-state index in [1.807, 2.05) is 6.20 Å². The number of aromatic nitrogens is 3. The number of rotatable bonds is 5. The Morgan fingerprint density at radius 2 is 1.34 bits per heavy atom. The van der Waals surface area contributed by atoms with Crippen molar-refractivity contribution in [3.63, 3.8) is 0 Å². The molecule has 0 amide bonds. The summed E-state index contributed by atoms with van der Waals surface area (Å²) in [4.78, 5) is 13.5. The first-order chi connectivity index (χ1) is 28.3. The molecule has 1 saturated carbocycles. The quantitative estimate of drug-likeness (QED) is 0.175. The minimum absolute atomic E-state index is 0.0258. The Balaban J connectivity index is 1.21. The molecule has 1 atom stereocenters. The van der Waals surface area contributed by atoms with Crippen LogP contribution in [0.4, 0.5) is 0 Å². The van der Waals surface area contributed by atoms with Gasteiger partial charge in [0, 0.05) is 57.3 Å². The molecule has 1 aliphatic heterocycles. The van der Waals surface area contributed by atoms with Gasteiger partial charge in [0.15, 0.2) is 0 Å². The molecule has 59 heavy (non-hydrogen) atoms. The molecule has 0 bridgehead atoms. The third-order valence-corrected chi connectivity index (χ3v) is 13.8. The Morgan fingerprint density at radius 3 is 2.10 bits per heavy atom. The molecule has 0 N–H and O–H groups in total. The highest BCUT2D eigenvalue weighted by atomic mass is 15.3. The average Bonchev–Trinajstić information content (AvgIpc) is 3.88. The van der Waals surface area contributed by atoms with Gasteiger partial charge < -0.3 is 9.47 Å². The number of hydrogen-bond donors (Lipinski definition) is 0. The predicted molar refractivity (Wildman–Crippen MR) is 250 cm³/mol. The Hall–Kier alpha value is -5.68. The van der Waals surface area contributed by atoms with E-state index in [-0.39, 0.29) is 16.4 Å². The maximum Gasteiger partial charge on any atom is 0.145 e. The van der Waals surface area contributed by atoms with Crippen LogP contribution in [0.3, 0.4) is 0 Å². The van der Waals surface area contributed by atoms with Crippen molar-refractivity contribution < 1.29 is 0 Å². The lowest BCUT2D eigenvalue weighted by Crippen LogP contribution is -2.47. The molecule has 4 heterocycles. The number of nitrogens with zero attached hydrogens (tertiary/aromatic N) is 5. The predicted octanol–water partition coefficient (Wildman–Crippen LogP) is 13.7. The van der Waals surface area contributed by atoms with Gasteiger partial charge in [-0.25, -0.2) is 4.98 Å². The molecule has 0 radical (unpaired) electrons. The summed E-state index contributed by atoms with van der Waals surface area (Å²) >= 11 is 0. The van der Waals surface area contributed by atoms with Crippen molar-refractivity contribution in [2.45, 2.75) is 104 Å². The minimum Gasteiger partial charge on any atom is -0.351 e. The Bertz CT molecular complexity index is 2940. The minimum atomic E-state index is -0.185. The number of hydrogen-bond acceptors (Lipinski definition) is 3. The van der Waals surface area contributed by atoms with Crippen LogP contribution in [0, 0.1) is 12.3 Å². The molecule has 0 unspecified atom stereocenters. The van der Waals surface area contributed by atoms with Crippen LogP contribution in [-0.4, -0.2) is 43.0 Å². The van der Waals surface area contributed by atoms with Crippen molar-refractivity contribution in [1.82, 2.24) is 19.0 Å². The molecule has 2 aliphatic rings. The highest BCUT2D eigenvalue weighted by molar-refractivity contribution is 6.12. The second-order valence-corrected chi connectivity index (χ2v) is 19.8. The summed E-state index contributed by atoms with van der Waals surface area (Å²) in [7, 11) is 0. The number of fused-ring (bicyclic) bond motifs is 6. The van der Waals surface area contributed by atoms with Crippen molar-refractivity contribution in [1.29, 1.82) is 0 Å². The number of aryl methyl sites for hydroxylation is 1. The van der Waals surface area contributed by atoms with E-state index in [0.29, 0.717) is 6.04 Å². The second-order valence-electron chi connectivity index (χ2n) is 19.8. The summed E-state index contributed by atoms with van der Waals surface area (Å²) in [5.74, 6) is 1.17. The first-order valence-electron chi connectivity index (χ1n) is 21.8. The van der Waals surface area contributed by atoms with Crippen LogP contribution in [0.5, 0.6) is 0 Å². The first-order valence-corrected chi connectivity index (χ1v) is 21.8. The largest absolute Gasteiger partial charge is 0.351 e. The third kappa shape index (κ3) is 6.27. The van der Waals surface area contributed by atoms with Crippen LogP contribution in [0.15, 0.2) is 126 Å². The monoisotopic (exact) mass is 775 g/mol. The van der Waals surface area contributed by atoms with Gasteiger partial charge in [-0.3, -0.25) is 9.56 Å². The lowest BCUT2D eigenvalue weighted by molar-refractivity contribution is 0.160. The molecule has 5 nitrogen and oxygen atoms in total. The summed E-state index contributed by atoms with van der Waals surface area (Å²) in [6.45, 7) is 19.7. The summed E-state index contributed by atoms with van der Waals surface area (Å²) in [5.41, 5.74) is 12.8. The van der Waals surface area contributed by atoms with Gasteiger partial charge >= 0.3 is 0 Å². The van der Waals surface area contributed by atoms with Gasteiger partial charge in [0.1, 0.15) is 11.5 Å². The highest BCUT2D eigenvalue weighted by Gasteiger charge is 2.46. The molecule has 5 aromatic carbocycles. The Kier molecular flexibility index (Phi) is 8.72. The van der Waals surface area contributed by atoms with Crippen LogP contribution >= 0.6 is 0 Å². The topological polar surface area (TPSA) is 38.4 Å². The van der Waals surface area contributed by atoms with Gasteiger partial charge in [-0.15, -0.1) is 0 Å². The first kappa shape index (κ1) is 37.6. The van der Waals surface area contributed by atoms with Gasteiger partial charge in [0.2, 0.25) is 0 Å². The zero-order valence-electron chi connectivity index (χ0n) is 36.1. The Morgan fingerprint density at radius 1 is 0.593 bits per heavy atom. The summed E-state index contributed by atoms with van der Waals surface area (Å²) in [6, 6.07) is 43.6. The second kappa shape index (κ2) is 13.7. The van der Waals surface area contributed by atoms with Crippen LogP contribution in [-0.2, 0) is 5.41 Å². The van der Waals surface area contributed by atoms with Gasteiger partial charge in [0.05, 0.1) is 22.1 Å². The van der Waals surface area contributed by atoms with Crippen molar-refractivity contribution in [2.75, 3.05) is 6.54 Å². The normalized spacial score (nSPS) is 18.2. The number of aliphatic imine (C=N–C) groups is 1. The zero-order valence-corrected chi connectivity index (χ0v) is 36.1. The Labute approximate surface area is 349 Å². The van der Waals surface area contributed by atoms with Crippen molar-refractivity contribution in [3.05, 3.63) is 138 Å². The van der Waals surface area contributed by atoms with Gasteiger partial charge in [-0.2, -0.15) is 0 Å². The molecule has 1 fully saturated rings. The fourth-order valence-electron chi connectivity index (χ4n) is 9.83. The summed E-state index contributed by atoms with van der Waals surface area (Å²) < 4.78 is 4.87. The molecule has 1 aliphatic carbocycles. The average molecular weight is 776 g/mol. The maximum atomic E-state index is 5.75. The van der Waals surface area contributed by atoms with E-state index in [2.05, 4.69) is 185 Å². The third-order valence-electron chi connectivity index (χ3n) is 13.8. The molecule has 10 rings (SSSR count). The van der Waals surface area contributed by atoms with E-state index in [9.17, 15) is 0 Å². The lowest BCUT2D eigenvalue weighted by atomic mass is 9.75. The molecule has 0 spiro atoms.